The maximum atomic E-state index is 12.9. The lowest BCUT2D eigenvalue weighted by atomic mass is 10.1. The quantitative estimate of drug-likeness (QED) is 0.915. The van der Waals surface area contributed by atoms with Crippen LogP contribution < -0.4 is 0 Å². The van der Waals surface area contributed by atoms with Crippen LogP contribution in [0.2, 0.25) is 0 Å². The molecule has 1 N–H and O–H groups in total. The standard InChI is InChI=1S/C20H23NO3/c1-15-8-10-16(11-9-15)20(23)21(14-18-6-4-12-24-18)13-17-5-2-3-7-19(17)22/h2-3,5,7-11,18,22H,4,6,12-14H2,1H3. The summed E-state index contributed by atoms with van der Waals surface area (Å²) in [5, 5.41) is 10.0. The number of nitrogens with zero attached hydrogens (tertiary/aromatic N) is 1. The van der Waals surface area contributed by atoms with E-state index in [0.717, 1.165) is 30.6 Å². The van der Waals surface area contributed by atoms with Gasteiger partial charge in [-0.15, -0.1) is 0 Å². The van der Waals surface area contributed by atoms with Crippen LogP contribution in [-0.2, 0) is 11.3 Å². The topological polar surface area (TPSA) is 49.8 Å². The van der Waals surface area contributed by atoms with Gasteiger partial charge in [0.15, 0.2) is 0 Å². The maximum Gasteiger partial charge on any atom is 0.254 e. The van der Waals surface area contributed by atoms with Gasteiger partial charge in [-0.05, 0) is 38.0 Å². The summed E-state index contributed by atoms with van der Waals surface area (Å²) in [5.41, 5.74) is 2.53. The Labute approximate surface area is 142 Å². The number of carbonyl (C=O) groups is 1. The molecule has 2 aromatic rings. The number of rotatable bonds is 5. The van der Waals surface area contributed by atoms with E-state index in [9.17, 15) is 9.90 Å². The number of amides is 1. The summed E-state index contributed by atoms with van der Waals surface area (Å²) >= 11 is 0. The molecule has 0 bridgehead atoms. The van der Waals surface area contributed by atoms with Crippen LogP contribution in [0.5, 0.6) is 5.75 Å². The SMILES string of the molecule is Cc1ccc(C(=O)N(Cc2ccccc2O)CC2CCCO2)cc1. The highest BCUT2D eigenvalue weighted by Gasteiger charge is 2.24. The van der Waals surface area contributed by atoms with Crippen LogP contribution in [0.1, 0.15) is 34.3 Å². The number of hydrogen-bond acceptors (Lipinski definition) is 3. The number of aromatic hydroxyl groups is 1. The molecule has 1 saturated heterocycles. The molecular formula is C20H23NO3. The average Bonchev–Trinajstić information content (AvgIpc) is 3.09. The third-order valence-electron chi connectivity index (χ3n) is 4.39. The number of phenolic OH excluding ortho intramolecular Hbond substituents is 1. The number of para-hydroxylation sites is 1. The normalized spacial score (nSPS) is 17.0. The smallest absolute Gasteiger partial charge is 0.254 e. The van der Waals surface area contributed by atoms with E-state index in [1.165, 1.54) is 0 Å². The van der Waals surface area contributed by atoms with Crippen molar-refractivity contribution >= 4 is 5.91 Å². The number of ether oxygens (including phenoxy) is 1. The van der Waals surface area contributed by atoms with Crippen molar-refractivity contribution < 1.29 is 14.6 Å². The van der Waals surface area contributed by atoms with E-state index in [1.54, 1.807) is 17.0 Å². The summed E-state index contributed by atoms with van der Waals surface area (Å²) in [7, 11) is 0. The molecular weight excluding hydrogens is 302 g/mol. The zero-order chi connectivity index (χ0) is 16.9. The van der Waals surface area contributed by atoms with E-state index in [4.69, 9.17) is 4.74 Å². The van der Waals surface area contributed by atoms with Gasteiger partial charge in [-0.3, -0.25) is 4.79 Å². The molecule has 24 heavy (non-hydrogen) atoms. The third-order valence-corrected chi connectivity index (χ3v) is 4.39. The Morgan fingerprint density at radius 2 is 1.96 bits per heavy atom. The minimum absolute atomic E-state index is 0.0336. The first-order chi connectivity index (χ1) is 11.6. The summed E-state index contributed by atoms with van der Waals surface area (Å²) in [4.78, 5) is 14.7. The summed E-state index contributed by atoms with van der Waals surface area (Å²) in [6, 6.07) is 14.7. The molecule has 0 saturated carbocycles. The Morgan fingerprint density at radius 3 is 2.62 bits per heavy atom. The van der Waals surface area contributed by atoms with Gasteiger partial charge < -0.3 is 14.7 Å². The van der Waals surface area contributed by atoms with Crippen molar-refractivity contribution in [3.8, 4) is 5.75 Å². The van der Waals surface area contributed by atoms with Crippen molar-refractivity contribution in [2.24, 2.45) is 0 Å². The third kappa shape index (κ3) is 3.95. The van der Waals surface area contributed by atoms with Gasteiger partial charge in [0.05, 0.1) is 6.10 Å². The number of phenols is 1. The molecule has 1 amide bonds. The molecule has 0 spiro atoms. The molecule has 3 rings (SSSR count). The monoisotopic (exact) mass is 325 g/mol. The van der Waals surface area contributed by atoms with Gasteiger partial charge in [-0.2, -0.15) is 0 Å². The Kier molecular flexibility index (Phi) is 5.16. The van der Waals surface area contributed by atoms with Crippen molar-refractivity contribution in [2.75, 3.05) is 13.2 Å². The molecule has 1 fully saturated rings. The van der Waals surface area contributed by atoms with Crippen molar-refractivity contribution in [3.63, 3.8) is 0 Å². The predicted octanol–water partition coefficient (Wildman–Crippen LogP) is 3.52. The molecule has 126 valence electrons. The maximum absolute atomic E-state index is 12.9. The highest BCUT2D eigenvalue weighted by molar-refractivity contribution is 5.94. The van der Waals surface area contributed by atoms with E-state index >= 15 is 0 Å². The first-order valence-electron chi connectivity index (χ1n) is 8.38. The number of carbonyl (C=O) groups excluding carboxylic acids is 1. The summed E-state index contributed by atoms with van der Waals surface area (Å²) in [6.07, 6.45) is 2.08. The average molecular weight is 325 g/mol. The van der Waals surface area contributed by atoms with Crippen LogP contribution in [0, 0.1) is 6.92 Å². The van der Waals surface area contributed by atoms with E-state index in [2.05, 4.69) is 0 Å². The highest BCUT2D eigenvalue weighted by Crippen LogP contribution is 2.21. The van der Waals surface area contributed by atoms with Gasteiger partial charge in [0.25, 0.3) is 5.91 Å². The van der Waals surface area contributed by atoms with Gasteiger partial charge in [0.2, 0.25) is 0 Å². The Morgan fingerprint density at radius 1 is 1.21 bits per heavy atom. The number of aryl methyl sites for hydroxylation is 1. The van der Waals surface area contributed by atoms with Crippen LogP contribution in [0.15, 0.2) is 48.5 Å². The molecule has 1 atom stereocenters. The minimum atomic E-state index is -0.0336. The molecule has 1 heterocycles. The fourth-order valence-electron chi connectivity index (χ4n) is 2.98. The first-order valence-corrected chi connectivity index (χ1v) is 8.38. The summed E-state index contributed by atoms with van der Waals surface area (Å²) in [5.74, 6) is 0.181. The highest BCUT2D eigenvalue weighted by atomic mass is 16.5. The second-order valence-electron chi connectivity index (χ2n) is 6.32. The molecule has 0 aliphatic carbocycles. The van der Waals surface area contributed by atoms with E-state index in [-0.39, 0.29) is 17.8 Å². The number of hydrogen-bond donors (Lipinski definition) is 1. The Bertz CT molecular complexity index is 690. The molecule has 1 aliphatic heterocycles. The van der Waals surface area contributed by atoms with E-state index < -0.39 is 0 Å². The van der Waals surface area contributed by atoms with Crippen LogP contribution in [0.4, 0.5) is 0 Å². The lowest BCUT2D eigenvalue weighted by Crippen LogP contribution is -2.37. The Balaban J connectivity index is 1.81. The second-order valence-corrected chi connectivity index (χ2v) is 6.32. The van der Waals surface area contributed by atoms with Crippen molar-refractivity contribution in [1.29, 1.82) is 0 Å². The molecule has 4 heteroatoms. The fourth-order valence-corrected chi connectivity index (χ4v) is 2.98. The zero-order valence-corrected chi connectivity index (χ0v) is 13.9. The molecule has 1 unspecified atom stereocenters. The van der Waals surface area contributed by atoms with E-state index in [0.29, 0.717) is 18.7 Å². The van der Waals surface area contributed by atoms with Crippen LogP contribution >= 0.6 is 0 Å². The zero-order valence-electron chi connectivity index (χ0n) is 13.9. The lowest BCUT2D eigenvalue weighted by molar-refractivity contribution is 0.0506. The first kappa shape index (κ1) is 16.5. The largest absolute Gasteiger partial charge is 0.508 e. The molecule has 0 aromatic heterocycles. The molecule has 0 radical (unpaired) electrons. The van der Waals surface area contributed by atoms with Gasteiger partial charge in [-0.25, -0.2) is 0 Å². The minimum Gasteiger partial charge on any atom is -0.508 e. The summed E-state index contributed by atoms with van der Waals surface area (Å²) in [6.45, 7) is 3.68. The lowest BCUT2D eigenvalue weighted by Gasteiger charge is -2.26. The van der Waals surface area contributed by atoms with Crippen LogP contribution in [-0.4, -0.2) is 35.2 Å². The predicted molar refractivity (Wildman–Crippen MR) is 93.0 cm³/mol. The van der Waals surface area contributed by atoms with Gasteiger partial charge >= 0.3 is 0 Å². The second kappa shape index (κ2) is 7.49. The number of benzene rings is 2. The Hall–Kier alpha value is -2.33. The van der Waals surface area contributed by atoms with Crippen LogP contribution in [0.3, 0.4) is 0 Å². The van der Waals surface area contributed by atoms with Crippen LogP contribution in [0.25, 0.3) is 0 Å². The van der Waals surface area contributed by atoms with Gasteiger partial charge in [0, 0.05) is 30.8 Å². The fraction of sp³-hybridized carbons (Fsp3) is 0.350. The van der Waals surface area contributed by atoms with Crippen molar-refractivity contribution in [3.05, 3.63) is 65.2 Å². The van der Waals surface area contributed by atoms with Gasteiger partial charge in [0.1, 0.15) is 5.75 Å². The van der Waals surface area contributed by atoms with Crippen molar-refractivity contribution in [1.82, 2.24) is 4.90 Å². The summed E-state index contributed by atoms with van der Waals surface area (Å²) < 4.78 is 5.70. The van der Waals surface area contributed by atoms with Gasteiger partial charge in [-0.1, -0.05) is 35.9 Å². The molecule has 1 aliphatic rings. The van der Waals surface area contributed by atoms with Crippen molar-refractivity contribution in [2.45, 2.75) is 32.4 Å². The van der Waals surface area contributed by atoms with E-state index in [1.807, 2.05) is 43.3 Å². The molecule has 2 aromatic carbocycles. The molecule has 4 nitrogen and oxygen atoms in total.